The Morgan fingerprint density at radius 1 is 1.06 bits per heavy atom. The topological polar surface area (TPSA) is 212 Å². The van der Waals surface area contributed by atoms with Gasteiger partial charge in [-0.05, 0) is 86.9 Å². The normalized spacial score (nSPS) is 24.7. The van der Waals surface area contributed by atoms with Crippen LogP contribution in [0.15, 0.2) is 60.8 Å². The van der Waals surface area contributed by atoms with Crippen molar-refractivity contribution in [3.05, 3.63) is 94.7 Å². The third-order valence-corrected chi connectivity index (χ3v) is 15.3. The fourth-order valence-electron chi connectivity index (χ4n) is 12.0. The molecule has 5 saturated heterocycles. The van der Waals surface area contributed by atoms with Crippen LogP contribution in [0.1, 0.15) is 91.1 Å². The second-order valence-electron chi connectivity index (χ2n) is 19.9. The molecule has 2 aromatic heterocycles. The van der Waals surface area contributed by atoms with Crippen molar-refractivity contribution in [2.75, 3.05) is 44.3 Å². The molecule has 0 spiro atoms. The Morgan fingerprint density at radius 2 is 1.88 bits per heavy atom. The number of ether oxygens (including phenoxy) is 2. The molecule has 6 aliphatic rings. The molecule has 0 aliphatic carbocycles. The fraction of sp³-hybridized carbons (Fsp3) is 0.415. The van der Waals surface area contributed by atoms with E-state index < -0.39 is 53.3 Å². The Labute approximate surface area is 413 Å². The van der Waals surface area contributed by atoms with Crippen LogP contribution < -0.4 is 25.6 Å². The molecule has 5 fully saturated rings. The predicted molar refractivity (Wildman–Crippen MR) is 260 cm³/mol. The first-order chi connectivity index (χ1) is 34.8. The number of carbonyl (C=O) groups excluding carboxylic acids is 4. The van der Waals surface area contributed by atoms with Crippen molar-refractivity contribution >= 4 is 51.3 Å². The van der Waals surface area contributed by atoms with Crippen molar-refractivity contribution in [2.45, 2.75) is 100 Å². The first kappa shape index (κ1) is 47.1. The molecule has 4 unspecified atom stereocenters. The van der Waals surface area contributed by atoms with E-state index in [-0.39, 0.29) is 83.7 Å². The Hall–Kier alpha value is -7.27. The molecule has 19 heteroatoms. The van der Waals surface area contributed by atoms with Gasteiger partial charge in [0, 0.05) is 73.4 Å². The van der Waals surface area contributed by atoms with E-state index in [9.17, 15) is 29.4 Å². The highest BCUT2D eigenvalue weighted by molar-refractivity contribution is 6.06. The lowest BCUT2D eigenvalue weighted by molar-refractivity contribution is -0.139. The van der Waals surface area contributed by atoms with Crippen LogP contribution in [-0.4, -0.2) is 128 Å². The number of aromatic nitrogens is 3. The molecule has 3 aromatic carbocycles. The van der Waals surface area contributed by atoms with E-state index in [0.717, 1.165) is 35.3 Å². The van der Waals surface area contributed by atoms with Crippen LogP contribution in [0.25, 0.3) is 32.9 Å². The first-order valence-electron chi connectivity index (χ1n) is 24.5. The number of phenolic OH excluding ortho intramolecular Hbond substituents is 1. The highest BCUT2D eigenvalue weighted by atomic mass is 19.1. The average molecular weight is 982 g/mol. The van der Waals surface area contributed by atoms with Crippen LogP contribution in [0.3, 0.4) is 0 Å². The number of hydrogen-bond donors (Lipinski definition) is 5. The Balaban J connectivity index is 0.751. The number of aryl methyl sites for hydroxylation is 1. The van der Waals surface area contributed by atoms with E-state index in [1.54, 1.807) is 12.1 Å². The van der Waals surface area contributed by atoms with Crippen molar-refractivity contribution in [1.82, 2.24) is 40.7 Å². The molecule has 0 radical (unpaired) electrons. The first-order valence-corrected chi connectivity index (χ1v) is 24.5. The molecule has 17 nitrogen and oxygen atoms in total. The summed E-state index contributed by atoms with van der Waals surface area (Å²) in [5.41, 5.74) is 1.80. The smallest absolute Gasteiger partial charge is 0.407 e. The van der Waals surface area contributed by atoms with Crippen molar-refractivity contribution in [2.24, 2.45) is 0 Å². The summed E-state index contributed by atoms with van der Waals surface area (Å²) in [5, 5.41) is 31.5. The zero-order valence-corrected chi connectivity index (χ0v) is 39.4. The number of fused-ring (bicyclic) bond motifs is 6. The number of nitrogens with zero attached hydrogens (tertiary/aromatic N) is 6. The Kier molecular flexibility index (Phi) is 12.2. The quantitative estimate of drug-likeness (QED) is 0.0439. The zero-order valence-electron chi connectivity index (χ0n) is 39.4. The maximum absolute atomic E-state index is 17.2. The molecule has 4 amide bonds. The van der Waals surface area contributed by atoms with Crippen LogP contribution in [0.2, 0.25) is 0 Å². The molecule has 6 atom stereocenters. The number of phenols is 1. The third kappa shape index (κ3) is 8.40. The lowest BCUT2D eigenvalue weighted by Crippen LogP contribution is -2.53. The number of amides is 4. The zero-order chi connectivity index (χ0) is 50.0. The van der Waals surface area contributed by atoms with Gasteiger partial charge in [-0.3, -0.25) is 34.5 Å². The minimum absolute atomic E-state index is 0.0310. The molecule has 72 heavy (non-hydrogen) atoms. The Bertz CT molecular complexity index is 3140. The number of aromatic hydroxyl groups is 1. The van der Waals surface area contributed by atoms with Gasteiger partial charge in [-0.25, -0.2) is 13.6 Å². The van der Waals surface area contributed by atoms with Crippen LogP contribution in [-0.2, 0) is 20.7 Å². The van der Waals surface area contributed by atoms with Gasteiger partial charge < -0.3 is 35.2 Å². The number of carbonyl (C=O) groups is 4. The summed E-state index contributed by atoms with van der Waals surface area (Å²) in [5.74, 6) is -0.246. The number of aliphatic hydroxyl groups excluding tert-OH is 1. The maximum atomic E-state index is 17.2. The molecule has 6 aliphatic heterocycles. The van der Waals surface area contributed by atoms with Crippen LogP contribution >= 0.6 is 0 Å². The number of piperidine rings is 1. The van der Waals surface area contributed by atoms with E-state index in [4.69, 9.17) is 20.9 Å². The minimum atomic E-state index is -1.30. The second kappa shape index (κ2) is 18.7. The SMILES string of the molecule is C#Cc1c(F)ccc2cc(O)cc(-c3ncc4c(N5CC6CCC(C5)N6)nc(OC[C@@]56CC[C@@H](COC(=O)NCCCCc7cccc8c7C(=O)N(C7CCC(=O)NC7=O)C8O)N5CC(=C)C6)nc4c3F)c12. The molecule has 11 rings (SSSR count). The summed E-state index contributed by atoms with van der Waals surface area (Å²) >= 11 is 0. The van der Waals surface area contributed by atoms with Crippen molar-refractivity contribution in [3.8, 4) is 35.4 Å². The summed E-state index contributed by atoms with van der Waals surface area (Å²) in [6, 6.07) is 10.0. The lowest BCUT2D eigenvalue weighted by Gasteiger charge is -2.35. The molecule has 5 N–H and O–H groups in total. The molecular weight excluding hydrogens is 929 g/mol. The number of imide groups is 1. The predicted octanol–water partition coefficient (Wildman–Crippen LogP) is 5.29. The number of piperazine rings is 1. The van der Waals surface area contributed by atoms with E-state index >= 15 is 8.78 Å². The monoisotopic (exact) mass is 981 g/mol. The van der Waals surface area contributed by atoms with Gasteiger partial charge in [-0.2, -0.15) is 9.97 Å². The van der Waals surface area contributed by atoms with E-state index in [0.29, 0.717) is 86.0 Å². The van der Waals surface area contributed by atoms with Gasteiger partial charge >= 0.3 is 12.1 Å². The number of unbranched alkanes of at least 4 members (excludes halogenated alkanes) is 1. The van der Waals surface area contributed by atoms with E-state index in [1.165, 1.54) is 30.5 Å². The summed E-state index contributed by atoms with van der Waals surface area (Å²) in [7, 11) is 0. The fourth-order valence-corrected chi connectivity index (χ4v) is 12.0. The van der Waals surface area contributed by atoms with Gasteiger partial charge in [0.15, 0.2) is 12.0 Å². The number of terminal acetylenes is 1. The number of rotatable bonds is 13. The maximum Gasteiger partial charge on any atom is 0.407 e. The molecule has 2 bridgehead atoms. The number of benzene rings is 3. The van der Waals surface area contributed by atoms with Crippen LogP contribution in [0, 0.1) is 24.0 Å². The van der Waals surface area contributed by atoms with Gasteiger partial charge in [0.1, 0.15) is 47.9 Å². The number of hydrogen-bond acceptors (Lipinski definition) is 14. The lowest BCUT2D eigenvalue weighted by atomic mass is 9.94. The standard InChI is InChI=1S/C53H53F2N9O8/c1-3-35-39(54)13-10-30-19-34(65)20-37(42(30)35)45-44(55)46-38(22-57-45)47(62-24-31-11-12-32(25-62)58-31)61-51(60-46)72-27-53-17-16-33(63(53)23-28(2)21-53)26-71-52(70)56-18-5-4-7-29-8-6-9-36-43(29)50(69)64(49(36)68)40-14-15-41(66)59-48(40)67/h1,6,8-10,13,19-20,22,31-33,40,49,58,65,68H,2,4-5,7,11-12,14-18,21,23-27H2,(H,56,70)(H,59,66,67)/t31?,32?,33-,40?,49?,53-/m0/s1. The van der Waals surface area contributed by atoms with Crippen molar-refractivity contribution in [3.63, 3.8) is 0 Å². The van der Waals surface area contributed by atoms with Gasteiger partial charge in [0.05, 0.1) is 22.1 Å². The molecular formula is C53H53F2N9O8. The van der Waals surface area contributed by atoms with E-state index in [2.05, 4.69) is 48.2 Å². The number of aliphatic hydroxyl groups is 1. The largest absolute Gasteiger partial charge is 0.508 e. The van der Waals surface area contributed by atoms with E-state index in [1.807, 2.05) is 6.07 Å². The number of alkyl carbamates (subject to hydrolysis) is 1. The summed E-state index contributed by atoms with van der Waals surface area (Å²) in [4.78, 5) is 70.5. The number of halogens is 2. The van der Waals surface area contributed by atoms with Gasteiger partial charge in [0.25, 0.3) is 5.91 Å². The summed E-state index contributed by atoms with van der Waals surface area (Å²) in [6.45, 7) is 6.75. The minimum Gasteiger partial charge on any atom is -0.508 e. The average Bonchev–Trinajstić information content (AvgIpc) is 4.07. The number of nitrogens with one attached hydrogen (secondary N) is 3. The van der Waals surface area contributed by atoms with Crippen molar-refractivity contribution in [1.29, 1.82) is 0 Å². The summed E-state index contributed by atoms with van der Waals surface area (Å²) < 4.78 is 44.6. The molecule has 372 valence electrons. The number of anilines is 1. The molecule has 8 heterocycles. The highest BCUT2D eigenvalue weighted by Crippen LogP contribution is 2.45. The Morgan fingerprint density at radius 3 is 2.67 bits per heavy atom. The van der Waals surface area contributed by atoms with Gasteiger partial charge in [-0.1, -0.05) is 42.3 Å². The van der Waals surface area contributed by atoms with Gasteiger partial charge in [-0.15, -0.1) is 6.42 Å². The molecule has 0 saturated carbocycles. The number of pyridine rings is 1. The van der Waals surface area contributed by atoms with Gasteiger partial charge in [0.2, 0.25) is 11.8 Å². The van der Waals surface area contributed by atoms with Crippen LogP contribution in [0.4, 0.5) is 19.4 Å². The molecule has 5 aromatic rings. The highest BCUT2D eigenvalue weighted by Gasteiger charge is 2.52. The third-order valence-electron chi connectivity index (χ3n) is 15.3. The van der Waals surface area contributed by atoms with Crippen LogP contribution in [0.5, 0.6) is 11.8 Å². The second-order valence-corrected chi connectivity index (χ2v) is 19.9. The summed E-state index contributed by atoms with van der Waals surface area (Å²) in [6.07, 6.45) is 11.4. The van der Waals surface area contributed by atoms with Crippen molar-refractivity contribution < 1.29 is 47.6 Å².